The summed E-state index contributed by atoms with van der Waals surface area (Å²) in [5, 5.41) is 9.18. The molecule has 0 aliphatic carbocycles. The Bertz CT molecular complexity index is 718. The number of aromatic hydroxyl groups is 1. The van der Waals surface area contributed by atoms with Gasteiger partial charge in [0.2, 0.25) is 0 Å². The summed E-state index contributed by atoms with van der Waals surface area (Å²) < 4.78 is 4.28. The van der Waals surface area contributed by atoms with Crippen molar-refractivity contribution in [2.24, 2.45) is 0 Å². The van der Waals surface area contributed by atoms with Crippen LogP contribution < -0.4 is 0 Å². The molecule has 0 spiro atoms. The maximum atomic E-state index is 11.1. The van der Waals surface area contributed by atoms with Crippen LogP contribution in [-0.2, 0) is 9.53 Å². The zero-order valence-corrected chi connectivity index (χ0v) is 14.4. The van der Waals surface area contributed by atoms with Crippen molar-refractivity contribution in [3.63, 3.8) is 0 Å². The van der Waals surface area contributed by atoms with Crippen molar-refractivity contribution in [1.82, 2.24) is 9.88 Å². The molecular weight excluding hydrogens is 320 g/mol. The van der Waals surface area contributed by atoms with E-state index in [0.29, 0.717) is 6.04 Å². The molecule has 1 aliphatic rings. The van der Waals surface area contributed by atoms with E-state index in [2.05, 4.69) is 27.7 Å². The molecule has 1 saturated heterocycles. The van der Waals surface area contributed by atoms with Crippen LogP contribution in [0.2, 0.25) is 0 Å². The summed E-state index contributed by atoms with van der Waals surface area (Å²) in [6, 6.07) is 10.6. The second-order valence-corrected chi connectivity index (χ2v) is 5.82. The van der Waals surface area contributed by atoms with Gasteiger partial charge in [-0.25, -0.2) is 4.79 Å². The number of phenolic OH excluding ortho intramolecular Hbond substituents is 1. The summed E-state index contributed by atoms with van der Waals surface area (Å²) in [4.78, 5) is 28.0. The number of likely N-dealkylation sites (tertiary alicyclic amines) is 1. The number of nitrogens with zero attached hydrogens (tertiary/aromatic N) is 2. The fourth-order valence-electron chi connectivity index (χ4n) is 2.74. The molecule has 3 rings (SSSR count). The number of ether oxygens (including phenoxy) is 1. The van der Waals surface area contributed by atoms with Crippen LogP contribution in [0.4, 0.5) is 0 Å². The van der Waals surface area contributed by atoms with Crippen LogP contribution in [0.15, 0.2) is 48.8 Å². The van der Waals surface area contributed by atoms with Crippen LogP contribution in [0.1, 0.15) is 41.7 Å². The van der Waals surface area contributed by atoms with Gasteiger partial charge < -0.3 is 9.84 Å². The number of aromatic nitrogens is 1. The number of carbonyl (C=O) groups is 2. The molecule has 1 aromatic carbocycles. The van der Waals surface area contributed by atoms with Gasteiger partial charge in [-0.2, -0.15) is 0 Å². The molecule has 132 valence electrons. The highest BCUT2D eigenvalue weighted by molar-refractivity contribution is 5.98. The minimum atomic E-state index is -0.842. The van der Waals surface area contributed by atoms with Gasteiger partial charge in [0.15, 0.2) is 0 Å². The third-order valence-corrected chi connectivity index (χ3v) is 3.95. The predicted molar refractivity (Wildman–Crippen MR) is 93.0 cm³/mol. The zero-order valence-electron chi connectivity index (χ0n) is 14.4. The third-order valence-electron chi connectivity index (χ3n) is 3.95. The summed E-state index contributed by atoms with van der Waals surface area (Å²) in [5.41, 5.74) is 1.34. The number of esters is 2. The fraction of sp³-hybridized carbons (Fsp3) is 0.316. The summed E-state index contributed by atoms with van der Waals surface area (Å²) in [5.74, 6) is -1.74. The van der Waals surface area contributed by atoms with Gasteiger partial charge in [-0.1, -0.05) is 18.2 Å². The lowest BCUT2D eigenvalue weighted by Crippen LogP contribution is -2.17. The van der Waals surface area contributed by atoms with E-state index in [-0.39, 0.29) is 11.3 Å². The maximum absolute atomic E-state index is 11.1. The first kappa shape index (κ1) is 18.6. The molecule has 0 radical (unpaired) electrons. The monoisotopic (exact) mass is 342 g/mol. The second-order valence-electron chi connectivity index (χ2n) is 5.82. The Morgan fingerprint density at radius 3 is 2.56 bits per heavy atom. The van der Waals surface area contributed by atoms with Gasteiger partial charge in [0, 0.05) is 25.4 Å². The van der Waals surface area contributed by atoms with Gasteiger partial charge in [0.1, 0.15) is 11.3 Å². The van der Waals surface area contributed by atoms with E-state index in [1.807, 2.05) is 18.5 Å². The normalized spacial score (nSPS) is 16.6. The average molecular weight is 342 g/mol. The Labute approximate surface area is 147 Å². The minimum absolute atomic E-state index is 0.0160. The highest BCUT2D eigenvalue weighted by Gasteiger charge is 2.22. The molecular formula is C19H22N2O4. The van der Waals surface area contributed by atoms with E-state index in [1.54, 1.807) is 12.1 Å². The van der Waals surface area contributed by atoms with E-state index in [4.69, 9.17) is 0 Å². The highest BCUT2D eigenvalue weighted by Crippen LogP contribution is 2.29. The van der Waals surface area contributed by atoms with Crippen LogP contribution in [0.25, 0.3) is 0 Å². The van der Waals surface area contributed by atoms with Crippen LogP contribution in [-0.4, -0.2) is 40.5 Å². The van der Waals surface area contributed by atoms with Crippen molar-refractivity contribution in [2.75, 3.05) is 13.6 Å². The maximum Gasteiger partial charge on any atom is 0.349 e. The Hall–Kier alpha value is -2.73. The lowest BCUT2D eigenvalue weighted by Gasteiger charge is -2.18. The molecule has 6 heteroatoms. The van der Waals surface area contributed by atoms with E-state index >= 15 is 0 Å². The van der Waals surface area contributed by atoms with Gasteiger partial charge in [0.25, 0.3) is 0 Å². The number of hydrogen-bond acceptors (Lipinski definition) is 6. The quantitative estimate of drug-likeness (QED) is 0.668. The zero-order chi connectivity index (χ0) is 18.2. The minimum Gasteiger partial charge on any atom is -0.507 e. The number of benzene rings is 1. The van der Waals surface area contributed by atoms with Crippen molar-refractivity contribution < 1.29 is 19.4 Å². The molecule has 1 fully saturated rings. The van der Waals surface area contributed by atoms with E-state index in [0.717, 1.165) is 6.92 Å². The Morgan fingerprint density at radius 1 is 1.24 bits per heavy atom. The van der Waals surface area contributed by atoms with Crippen molar-refractivity contribution in [1.29, 1.82) is 0 Å². The third kappa shape index (κ3) is 5.39. The molecule has 0 amide bonds. The summed E-state index contributed by atoms with van der Waals surface area (Å²) in [6.45, 7) is 2.34. The van der Waals surface area contributed by atoms with Crippen molar-refractivity contribution in [3.8, 4) is 5.75 Å². The first-order valence-electron chi connectivity index (χ1n) is 8.10. The predicted octanol–water partition coefficient (Wildman–Crippen LogP) is 2.94. The van der Waals surface area contributed by atoms with E-state index in [9.17, 15) is 14.7 Å². The molecule has 2 aromatic rings. The molecule has 6 nitrogen and oxygen atoms in total. The Morgan fingerprint density at radius 2 is 2.00 bits per heavy atom. The molecule has 0 unspecified atom stereocenters. The number of hydrogen-bond donors (Lipinski definition) is 1. The van der Waals surface area contributed by atoms with E-state index < -0.39 is 11.9 Å². The van der Waals surface area contributed by atoms with Gasteiger partial charge in [-0.05, 0) is 50.2 Å². The summed E-state index contributed by atoms with van der Waals surface area (Å²) in [7, 11) is 2.19. The lowest BCUT2D eigenvalue weighted by molar-refractivity contribution is -0.135. The van der Waals surface area contributed by atoms with Gasteiger partial charge in [-0.3, -0.25) is 14.7 Å². The van der Waals surface area contributed by atoms with Crippen LogP contribution in [0.3, 0.4) is 0 Å². The van der Waals surface area contributed by atoms with Crippen LogP contribution in [0.5, 0.6) is 5.75 Å². The molecule has 1 aromatic heterocycles. The topological polar surface area (TPSA) is 79.7 Å². The Balaban J connectivity index is 0.000000181. The summed E-state index contributed by atoms with van der Waals surface area (Å²) in [6.07, 6.45) is 6.41. The highest BCUT2D eigenvalue weighted by atomic mass is 16.6. The van der Waals surface area contributed by atoms with Gasteiger partial charge >= 0.3 is 11.9 Å². The van der Waals surface area contributed by atoms with E-state index in [1.165, 1.54) is 37.1 Å². The SMILES string of the molecule is CC(=O)OC(=O)c1ccccc1O.CN1CCC[C@H]1c1cccnc1. The number of phenols is 1. The first-order valence-corrected chi connectivity index (χ1v) is 8.10. The molecule has 2 heterocycles. The first-order chi connectivity index (χ1) is 12.0. The van der Waals surface area contributed by atoms with Crippen LogP contribution >= 0.6 is 0 Å². The second kappa shape index (κ2) is 8.94. The lowest BCUT2D eigenvalue weighted by atomic mass is 10.1. The number of pyridine rings is 1. The molecule has 0 bridgehead atoms. The average Bonchev–Trinajstić information content (AvgIpc) is 3.02. The van der Waals surface area contributed by atoms with Gasteiger partial charge in [0.05, 0.1) is 0 Å². The fourth-order valence-corrected chi connectivity index (χ4v) is 2.74. The number of rotatable bonds is 2. The van der Waals surface area contributed by atoms with Crippen molar-refractivity contribution >= 4 is 11.9 Å². The Kier molecular flexibility index (Phi) is 6.65. The molecule has 1 N–H and O–H groups in total. The smallest absolute Gasteiger partial charge is 0.349 e. The van der Waals surface area contributed by atoms with Gasteiger partial charge in [-0.15, -0.1) is 0 Å². The largest absolute Gasteiger partial charge is 0.507 e. The van der Waals surface area contributed by atoms with Crippen molar-refractivity contribution in [2.45, 2.75) is 25.8 Å². The molecule has 25 heavy (non-hydrogen) atoms. The van der Waals surface area contributed by atoms with Crippen LogP contribution in [0, 0.1) is 0 Å². The molecule has 1 aliphatic heterocycles. The summed E-state index contributed by atoms with van der Waals surface area (Å²) >= 11 is 0. The molecule has 0 saturated carbocycles. The molecule has 1 atom stereocenters. The number of para-hydroxylation sites is 1. The standard InChI is InChI=1S/C10H14N2.C9H8O4/c1-12-7-3-5-10(12)9-4-2-6-11-8-9;1-6(10)13-9(12)7-4-2-3-5-8(7)11/h2,4,6,8,10H,3,5,7H2,1H3;2-5,11H,1H3/t10-;/m0./s1. The number of carbonyl (C=O) groups excluding carboxylic acids is 2. The van der Waals surface area contributed by atoms with Crippen molar-refractivity contribution in [3.05, 3.63) is 59.9 Å².